The van der Waals surface area contributed by atoms with E-state index in [1.54, 1.807) is 11.6 Å². The van der Waals surface area contributed by atoms with E-state index in [9.17, 15) is 9.59 Å². The highest BCUT2D eigenvalue weighted by Gasteiger charge is 2.38. The van der Waals surface area contributed by atoms with E-state index in [0.29, 0.717) is 35.7 Å². The lowest BCUT2D eigenvalue weighted by Gasteiger charge is -2.30. The van der Waals surface area contributed by atoms with Crippen LogP contribution in [0.2, 0.25) is 0 Å². The molecule has 0 saturated heterocycles. The van der Waals surface area contributed by atoms with Crippen molar-refractivity contribution in [2.45, 2.75) is 13.5 Å². The second-order valence-electron chi connectivity index (χ2n) is 7.22. The molecule has 2 amide bonds. The van der Waals surface area contributed by atoms with Crippen molar-refractivity contribution < 1.29 is 9.59 Å². The van der Waals surface area contributed by atoms with Crippen molar-refractivity contribution in [3.8, 4) is 11.3 Å². The van der Waals surface area contributed by atoms with Crippen LogP contribution in [0.3, 0.4) is 0 Å². The van der Waals surface area contributed by atoms with Crippen molar-refractivity contribution in [3.63, 3.8) is 0 Å². The standard InChI is InChI=1S/C20H18BrN7O2S/c1-11-15(12-3-5-13(21)6-4-12)25-19(31-11)24-14(29)9-27-10-23-17-16(27)18(30)26(2)20-22-7-8-28(17)20/h3-6,10H,7-9H2,1-2H3,(H,24,25,29). The highest BCUT2D eigenvalue weighted by molar-refractivity contribution is 9.10. The molecule has 31 heavy (non-hydrogen) atoms. The summed E-state index contributed by atoms with van der Waals surface area (Å²) in [7, 11) is 1.68. The van der Waals surface area contributed by atoms with Gasteiger partial charge in [0.15, 0.2) is 16.6 Å². The second kappa shape index (κ2) is 7.57. The Morgan fingerprint density at radius 1 is 1.29 bits per heavy atom. The van der Waals surface area contributed by atoms with Crippen LogP contribution >= 0.6 is 27.3 Å². The zero-order chi connectivity index (χ0) is 21.7. The van der Waals surface area contributed by atoms with Crippen molar-refractivity contribution >= 4 is 56.0 Å². The van der Waals surface area contributed by atoms with Gasteiger partial charge in [-0.05, 0) is 19.1 Å². The fourth-order valence-corrected chi connectivity index (χ4v) is 4.84. The molecular weight excluding hydrogens is 482 g/mol. The van der Waals surface area contributed by atoms with Crippen LogP contribution in [0.5, 0.6) is 0 Å². The molecule has 5 rings (SSSR count). The van der Waals surface area contributed by atoms with Crippen LogP contribution in [0.1, 0.15) is 15.4 Å². The molecule has 2 aliphatic heterocycles. The summed E-state index contributed by atoms with van der Waals surface area (Å²) in [6, 6.07) is 7.87. The Bertz CT molecular complexity index is 1230. The minimum atomic E-state index is -0.271. The van der Waals surface area contributed by atoms with Crippen LogP contribution in [-0.4, -0.2) is 57.3 Å². The minimum absolute atomic E-state index is 0.0333. The lowest BCUT2D eigenvalue weighted by Crippen LogP contribution is -2.48. The molecule has 9 nitrogen and oxygen atoms in total. The Hall–Kier alpha value is -3.05. The van der Waals surface area contributed by atoms with Crippen LogP contribution in [0, 0.1) is 6.92 Å². The van der Waals surface area contributed by atoms with Gasteiger partial charge in [0.25, 0.3) is 5.91 Å². The Kier molecular flexibility index (Phi) is 4.86. The topological polar surface area (TPSA) is 95.7 Å². The molecule has 3 aromatic rings. The fraction of sp³-hybridized carbons (Fsp3) is 0.250. The molecule has 1 N–H and O–H groups in total. The number of nitrogens with one attached hydrogen (secondary N) is 1. The number of halogens is 1. The SMILES string of the molecule is Cc1sc(NC(=O)Cn2cnc3c2C(=O)N(C)C2=NCCN23)nc1-c1ccc(Br)cc1. The number of rotatable bonds is 4. The normalized spacial score (nSPS) is 15.1. The molecule has 2 aliphatic rings. The van der Waals surface area contributed by atoms with Crippen molar-refractivity contribution in [3.05, 3.63) is 45.6 Å². The summed E-state index contributed by atoms with van der Waals surface area (Å²) in [6.45, 7) is 3.22. The Morgan fingerprint density at radius 3 is 2.84 bits per heavy atom. The summed E-state index contributed by atoms with van der Waals surface area (Å²) >= 11 is 4.85. The van der Waals surface area contributed by atoms with Crippen LogP contribution < -0.4 is 10.2 Å². The molecule has 0 spiro atoms. The summed E-state index contributed by atoms with van der Waals surface area (Å²) in [4.78, 5) is 43.3. The molecule has 2 aromatic heterocycles. The number of benzene rings is 1. The molecule has 0 unspecified atom stereocenters. The van der Waals surface area contributed by atoms with E-state index in [2.05, 4.69) is 36.2 Å². The quantitative estimate of drug-likeness (QED) is 0.595. The zero-order valence-corrected chi connectivity index (χ0v) is 19.2. The maximum atomic E-state index is 12.8. The first kappa shape index (κ1) is 19.9. The smallest absolute Gasteiger partial charge is 0.280 e. The van der Waals surface area contributed by atoms with E-state index in [0.717, 1.165) is 20.6 Å². The minimum Gasteiger partial charge on any atom is -0.315 e. The number of guanidine groups is 1. The summed E-state index contributed by atoms with van der Waals surface area (Å²) < 4.78 is 2.57. The number of aliphatic imine (C=N–C) groups is 1. The number of imidazole rings is 1. The first-order chi connectivity index (χ1) is 14.9. The molecule has 1 aromatic carbocycles. The molecule has 158 valence electrons. The van der Waals surface area contributed by atoms with Gasteiger partial charge in [0.05, 0.1) is 18.6 Å². The van der Waals surface area contributed by atoms with Gasteiger partial charge in [-0.1, -0.05) is 28.1 Å². The summed E-state index contributed by atoms with van der Waals surface area (Å²) in [5, 5.41) is 3.37. The number of hydrogen-bond donors (Lipinski definition) is 1. The van der Waals surface area contributed by atoms with Gasteiger partial charge >= 0.3 is 0 Å². The van der Waals surface area contributed by atoms with Crippen LogP contribution in [0.15, 0.2) is 40.1 Å². The van der Waals surface area contributed by atoms with Gasteiger partial charge in [-0.2, -0.15) is 0 Å². The number of anilines is 2. The van der Waals surface area contributed by atoms with Gasteiger partial charge in [-0.25, -0.2) is 9.97 Å². The molecular formula is C20H18BrN7O2S. The maximum absolute atomic E-state index is 12.8. The second-order valence-corrected chi connectivity index (χ2v) is 9.34. The van der Waals surface area contributed by atoms with Crippen LogP contribution in [-0.2, 0) is 11.3 Å². The molecule has 0 aliphatic carbocycles. The average molecular weight is 500 g/mol. The number of amides is 2. The molecule has 4 heterocycles. The summed E-state index contributed by atoms with van der Waals surface area (Å²) in [5.74, 6) is 0.660. The lowest BCUT2D eigenvalue weighted by molar-refractivity contribution is -0.116. The van der Waals surface area contributed by atoms with Gasteiger partial charge < -0.3 is 9.88 Å². The average Bonchev–Trinajstić information content (AvgIpc) is 3.45. The van der Waals surface area contributed by atoms with Gasteiger partial charge in [-0.3, -0.25) is 24.4 Å². The van der Waals surface area contributed by atoms with Crippen molar-refractivity contribution in [2.24, 2.45) is 4.99 Å². The molecule has 0 fully saturated rings. The number of nitrogens with zero attached hydrogens (tertiary/aromatic N) is 6. The number of fused-ring (bicyclic) bond motifs is 3. The van der Waals surface area contributed by atoms with Crippen molar-refractivity contribution in [1.29, 1.82) is 0 Å². The van der Waals surface area contributed by atoms with E-state index in [-0.39, 0.29) is 18.4 Å². The summed E-state index contributed by atoms with van der Waals surface area (Å²) in [6.07, 6.45) is 1.53. The number of aryl methyl sites for hydroxylation is 1. The van der Waals surface area contributed by atoms with Gasteiger partial charge in [0.2, 0.25) is 11.9 Å². The van der Waals surface area contributed by atoms with E-state index < -0.39 is 0 Å². The Labute approximate surface area is 190 Å². The first-order valence-electron chi connectivity index (χ1n) is 9.61. The number of thiazole rings is 1. The van der Waals surface area contributed by atoms with Crippen LogP contribution in [0.4, 0.5) is 10.9 Å². The monoisotopic (exact) mass is 499 g/mol. The predicted molar refractivity (Wildman–Crippen MR) is 123 cm³/mol. The predicted octanol–water partition coefficient (Wildman–Crippen LogP) is 2.98. The van der Waals surface area contributed by atoms with E-state index in [1.165, 1.54) is 22.6 Å². The third-order valence-electron chi connectivity index (χ3n) is 5.17. The Balaban J connectivity index is 1.35. The van der Waals surface area contributed by atoms with E-state index in [4.69, 9.17) is 0 Å². The lowest BCUT2D eigenvalue weighted by atomic mass is 10.1. The zero-order valence-electron chi connectivity index (χ0n) is 16.8. The fourth-order valence-electron chi connectivity index (χ4n) is 3.72. The number of carbonyl (C=O) groups excluding carboxylic acids is 2. The molecule has 11 heteroatoms. The van der Waals surface area contributed by atoms with Gasteiger partial charge in [-0.15, -0.1) is 11.3 Å². The maximum Gasteiger partial charge on any atom is 0.280 e. The van der Waals surface area contributed by atoms with Crippen molar-refractivity contribution in [1.82, 2.24) is 19.4 Å². The largest absolute Gasteiger partial charge is 0.315 e. The van der Waals surface area contributed by atoms with Gasteiger partial charge in [0.1, 0.15) is 6.54 Å². The van der Waals surface area contributed by atoms with E-state index in [1.807, 2.05) is 36.1 Å². The number of carbonyl (C=O) groups is 2. The molecule has 0 atom stereocenters. The number of aromatic nitrogens is 3. The highest BCUT2D eigenvalue weighted by Crippen LogP contribution is 2.32. The van der Waals surface area contributed by atoms with Gasteiger partial charge in [0, 0.05) is 28.5 Å². The molecule has 0 radical (unpaired) electrons. The third-order valence-corrected chi connectivity index (χ3v) is 6.59. The number of hydrogen-bond acceptors (Lipinski definition) is 7. The first-order valence-corrected chi connectivity index (χ1v) is 11.2. The van der Waals surface area contributed by atoms with Crippen molar-refractivity contribution in [2.75, 3.05) is 30.4 Å². The molecule has 0 saturated carbocycles. The third kappa shape index (κ3) is 3.43. The molecule has 0 bridgehead atoms. The summed E-state index contributed by atoms with van der Waals surface area (Å²) in [5.41, 5.74) is 2.22. The van der Waals surface area contributed by atoms with Crippen LogP contribution in [0.25, 0.3) is 11.3 Å². The highest BCUT2D eigenvalue weighted by atomic mass is 79.9. The van der Waals surface area contributed by atoms with E-state index >= 15 is 0 Å². The Morgan fingerprint density at radius 2 is 2.06 bits per heavy atom.